The average molecular weight is 409 g/mol. The molecule has 0 fully saturated rings. The molecule has 6 nitrogen and oxygen atoms in total. The van der Waals surface area contributed by atoms with Gasteiger partial charge in [-0.3, -0.25) is 9.10 Å². The summed E-state index contributed by atoms with van der Waals surface area (Å²) >= 11 is 5.87. The van der Waals surface area contributed by atoms with Gasteiger partial charge in [-0.1, -0.05) is 30.3 Å². The van der Waals surface area contributed by atoms with Crippen molar-refractivity contribution in [1.82, 2.24) is 0 Å². The van der Waals surface area contributed by atoms with Crippen LogP contribution in [0.2, 0.25) is 5.02 Å². The first-order chi connectivity index (χ1) is 12.7. The Morgan fingerprint density at radius 2 is 1.96 bits per heavy atom. The van der Waals surface area contributed by atoms with Gasteiger partial charge in [-0.15, -0.1) is 0 Å². The molecule has 8 heteroatoms. The minimum atomic E-state index is -3.69. The van der Waals surface area contributed by atoms with Crippen molar-refractivity contribution in [3.8, 4) is 5.75 Å². The molecule has 1 atom stereocenters. The maximum atomic E-state index is 12.7. The summed E-state index contributed by atoms with van der Waals surface area (Å²) in [7, 11) is -3.69. The average Bonchev–Trinajstić information content (AvgIpc) is 2.61. The normalized spacial score (nSPS) is 12.1. The van der Waals surface area contributed by atoms with Crippen LogP contribution in [0.4, 0.5) is 11.4 Å². The molecule has 2 aromatic rings. The second kappa shape index (κ2) is 8.92. The summed E-state index contributed by atoms with van der Waals surface area (Å²) in [5.74, 6) is 0.0919. The summed E-state index contributed by atoms with van der Waals surface area (Å²) in [5, 5.41) is 3.19. The first-order valence-corrected chi connectivity index (χ1v) is 10.3. The predicted molar refractivity (Wildman–Crippen MR) is 109 cm³/mol. The molecular weight excluding hydrogens is 388 g/mol. The van der Waals surface area contributed by atoms with Gasteiger partial charge in [0.1, 0.15) is 18.4 Å². The van der Waals surface area contributed by atoms with E-state index in [1.807, 2.05) is 0 Å². The highest BCUT2D eigenvalue weighted by atomic mass is 35.5. The quantitative estimate of drug-likeness (QED) is 0.676. The number of sulfonamides is 1. The molecule has 0 aliphatic heterocycles. The highest BCUT2D eigenvalue weighted by molar-refractivity contribution is 7.92. The van der Waals surface area contributed by atoms with Crippen LogP contribution in [0.3, 0.4) is 0 Å². The molecule has 144 valence electrons. The van der Waals surface area contributed by atoms with E-state index < -0.39 is 22.0 Å². The third-order valence-electron chi connectivity index (χ3n) is 3.64. The van der Waals surface area contributed by atoms with E-state index >= 15 is 0 Å². The van der Waals surface area contributed by atoms with Crippen LogP contribution in [0.5, 0.6) is 5.75 Å². The van der Waals surface area contributed by atoms with Crippen LogP contribution in [0.1, 0.15) is 6.92 Å². The smallest absolute Gasteiger partial charge is 0.247 e. The fourth-order valence-corrected chi connectivity index (χ4v) is 3.76. The number of anilines is 2. The molecule has 0 heterocycles. The minimum absolute atomic E-state index is 0.340. The Morgan fingerprint density at radius 1 is 1.30 bits per heavy atom. The van der Waals surface area contributed by atoms with Gasteiger partial charge in [0.25, 0.3) is 0 Å². The highest BCUT2D eigenvalue weighted by Crippen LogP contribution is 2.24. The molecule has 0 spiro atoms. The number of amides is 1. The lowest BCUT2D eigenvalue weighted by molar-refractivity contribution is -0.116. The molecular formula is C19H21ClN2O4S. The van der Waals surface area contributed by atoms with Gasteiger partial charge < -0.3 is 10.1 Å². The molecule has 1 amide bonds. The SMILES string of the molecule is C=CCOc1cccc(NC(=O)[C@H](C)N(c2ccc(Cl)cc2)S(C)(=O)=O)c1. The Labute approximate surface area is 164 Å². The van der Waals surface area contributed by atoms with Gasteiger partial charge in [0.05, 0.1) is 11.9 Å². The largest absolute Gasteiger partial charge is 0.489 e. The fourth-order valence-electron chi connectivity index (χ4n) is 2.46. The van der Waals surface area contributed by atoms with Crippen LogP contribution < -0.4 is 14.4 Å². The van der Waals surface area contributed by atoms with Crippen molar-refractivity contribution in [1.29, 1.82) is 0 Å². The Balaban J connectivity index is 2.22. The molecule has 27 heavy (non-hydrogen) atoms. The minimum Gasteiger partial charge on any atom is -0.489 e. The second-order valence-electron chi connectivity index (χ2n) is 5.83. The van der Waals surface area contributed by atoms with Crippen molar-refractivity contribution in [3.05, 3.63) is 66.2 Å². The lowest BCUT2D eigenvalue weighted by Gasteiger charge is -2.28. The van der Waals surface area contributed by atoms with Crippen molar-refractivity contribution in [2.45, 2.75) is 13.0 Å². The van der Waals surface area contributed by atoms with Gasteiger partial charge in [-0.05, 0) is 43.3 Å². The van der Waals surface area contributed by atoms with E-state index in [1.54, 1.807) is 54.6 Å². The molecule has 1 N–H and O–H groups in total. The molecule has 2 rings (SSSR count). The summed E-state index contributed by atoms with van der Waals surface area (Å²) in [5.41, 5.74) is 0.852. The summed E-state index contributed by atoms with van der Waals surface area (Å²) in [6.45, 7) is 5.44. The zero-order valence-corrected chi connectivity index (χ0v) is 16.6. The lowest BCUT2D eigenvalue weighted by atomic mass is 10.2. The van der Waals surface area contributed by atoms with Crippen molar-refractivity contribution in [3.63, 3.8) is 0 Å². The number of carbonyl (C=O) groups excluding carboxylic acids is 1. The van der Waals surface area contributed by atoms with Gasteiger partial charge >= 0.3 is 0 Å². The Hall–Kier alpha value is -2.51. The summed E-state index contributed by atoms with van der Waals surface area (Å²) in [4.78, 5) is 12.7. The van der Waals surface area contributed by atoms with Crippen LogP contribution in [-0.4, -0.2) is 33.2 Å². The molecule has 2 aromatic carbocycles. The summed E-state index contributed by atoms with van der Waals surface area (Å²) in [6, 6.07) is 12.1. The third-order valence-corrected chi connectivity index (χ3v) is 5.13. The Bertz CT molecular complexity index is 914. The number of nitrogens with zero attached hydrogens (tertiary/aromatic N) is 1. The van der Waals surface area contributed by atoms with E-state index in [0.717, 1.165) is 10.6 Å². The van der Waals surface area contributed by atoms with Crippen molar-refractivity contribution >= 4 is 38.9 Å². The molecule has 0 aromatic heterocycles. The predicted octanol–water partition coefficient (Wildman–Crippen LogP) is 3.70. The van der Waals surface area contributed by atoms with E-state index in [2.05, 4.69) is 11.9 Å². The first kappa shape index (κ1) is 20.8. The molecule has 0 saturated carbocycles. The molecule has 0 unspecified atom stereocenters. The number of halogens is 1. The van der Waals surface area contributed by atoms with E-state index in [0.29, 0.717) is 28.8 Å². The van der Waals surface area contributed by atoms with Gasteiger partial charge in [0.2, 0.25) is 15.9 Å². The van der Waals surface area contributed by atoms with Crippen molar-refractivity contribution < 1.29 is 17.9 Å². The molecule has 0 aliphatic carbocycles. The zero-order chi connectivity index (χ0) is 20.0. The van der Waals surface area contributed by atoms with Crippen molar-refractivity contribution in [2.75, 3.05) is 22.5 Å². The molecule has 0 saturated heterocycles. The molecule has 0 bridgehead atoms. The fraction of sp³-hybridized carbons (Fsp3) is 0.211. The van der Waals surface area contributed by atoms with Crippen molar-refractivity contribution in [2.24, 2.45) is 0 Å². The number of rotatable bonds is 8. The Kier molecular flexibility index (Phi) is 6.87. The molecule has 0 aliphatic rings. The maximum Gasteiger partial charge on any atom is 0.247 e. The summed E-state index contributed by atoms with van der Waals surface area (Å²) < 4.78 is 31.0. The first-order valence-electron chi connectivity index (χ1n) is 8.12. The monoisotopic (exact) mass is 408 g/mol. The van der Waals surface area contributed by atoms with E-state index in [1.165, 1.54) is 6.92 Å². The van der Waals surface area contributed by atoms with Gasteiger partial charge in [0, 0.05) is 16.8 Å². The third kappa shape index (κ3) is 5.74. The van der Waals surface area contributed by atoms with Crippen LogP contribution in [0.15, 0.2) is 61.2 Å². The Morgan fingerprint density at radius 3 is 2.56 bits per heavy atom. The van der Waals surface area contributed by atoms with Gasteiger partial charge in [-0.2, -0.15) is 0 Å². The summed E-state index contributed by atoms with van der Waals surface area (Å²) in [6.07, 6.45) is 2.67. The maximum absolute atomic E-state index is 12.7. The number of benzene rings is 2. The van der Waals surface area contributed by atoms with Gasteiger partial charge in [0.15, 0.2) is 0 Å². The highest BCUT2D eigenvalue weighted by Gasteiger charge is 2.29. The number of hydrogen-bond donors (Lipinski definition) is 1. The zero-order valence-electron chi connectivity index (χ0n) is 15.1. The van der Waals surface area contributed by atoms with E-state index in [-0.39, 0.29) is 0 Å². The van der Waals surface area contributed by atoms with E-state index in [9.17, 15) is 13.2 Å². The van der Waals surface area contributed by atoms with Crippen LogP contribution in [0.25, 0.3) is 0 Å². The van der Waals surface area contributed by atoms with E-state index in [4.69, 9.17) is 16.3 Å². The molecule has 0 radical (unpaired) electrons. The number of carbonyl (C=O) groups is 1. The van der Waals surface area contributed by atoms with Crippen LogP contribution in [-0.2, 0) is 14.8 Å². The number of nitrogens with one attached hydrogen (secondary N) is 1. The van der Waals surface area contributed by atoms with Crippen LogP contribution >= 0.6 is 11.6 Å². The lowest BCUT2D eigenvalue weighted by Crippen LogP contribution is -2.45. The standard InChI is InChI=1S/C19H21ClN2O4S/c1-4-12-26-18-7-5-6-16(13-18)21-19(23)14(2)22(27(3,24)25)17-10-8-15(20)9-11-17/h4-11,13-14H,1,12H2,2-3H3,(H,21,23)/t14-/m0/s1. The number of hydrogen-bond acceptors (Lipinski definition) is 4. The van der Waals surface area contributed by atoms with Crippen LogP contribution in [0, 0.1) is 0 Å². The topological polar surface area (TPSA) is 75.7 Å². The second-order valence-corrected chi connectivity index (χ2v) is 8.12. The number of ether oxygens (including phenoxy) is 1. The van der Waals surface area contributed by atoms with Gasteiger partial charge in [-0.25, -0.2) is 8.42 Å².